The van der Waals surface area contributed by atoms with Crippen LogP contribution in [0.3, 0.4) is 0 Å². The van der Waals surface area contributed by atoms with Crippen molar-refractivity contribution in [2.24, 2.45) is 0 Å². The van der Waals surface area contributed by atoms with E-state index < -0.39 is 10.0 Å². The average Bonchev–Trinajstić information content (AvgIpc) is 3.33. The van der Waals surface area contributed by atoms with E-state index in [9.17, 15) is 8.42 Å². The van der Waals surface area contributed by atoms with Gasteiger partial charge in [-0.15, -0.1) is 0 Å². The van der Waals surface area contributed by atoms with E-state index in [0.29, 0.717) is 40.8 Å². The van der Waals surface area contributed by atoms with E-state index in [4.69, 9.17) is 4.74 Å². The summed E-state index contributed by atoms with van der Waals surface area (Å²) in [4.78, 5) is 0.349. The maximum absolute atomic E-state index is 12.8. The van der Waals surface area contributed by atoms with Gasteiger partial charge in [0.2, 0.25) is 10.0 Å². The van der Waals surface area contributed by atoms with E-state index in [0.717, 1.165) is 0 Å². The Morgan fingerprint density at radius 3 is 2.27 bits per heavy atom. The molecule has 142 valence electrons. The third kappa shape index (κ3) is 3.67. The van der Waals surface area contributed by atoms with Gasteiger partial charge in [-0.2, -0.15) is 0 Å². The summed E-state index contributed by atoms with van der Waals surface area (Å²) in [6.45, 7) is 8.25. The number of aryl methyl sites for hydroxylation is 3. The minimum Gasteiger partial charge on any atom is -0.497 e. The zero-order valence-electron chi connectivity index (χ0n) is 16.2. The van der Waals surface area contributed by atoms with Gasteiger partial charge in [0.05, 0.1) is 12.0 Å². The van der Waals surface area contributed by atoms with Crippen LogP contribution in [0.25, 0.3) is 0 Å². The van der Waals surface area contributed by atoms with Crippen LogP contribution in [-0.4, -0.2) is 26.6 Å². The predicted octanol–water partition coefficient (Wildman–Crippen LogP) is 3.59. The monoisotopic (exact) mass is 376 g/mol. The standard InChI is InChI=1S/C20H28N2O3S/c1-13-10-19(25-5)11-14(2)20(13)26(23,24)21-9-8-17-12-15(3)22(16(17)4)18-6-7-18/h10-12,18,21H,6-9H2,1-5H3. The van der Waals surface area contributed by atoms with Crippen molar-refractivity contribution in [2.75, 3.05) is 13.7 Å². The number of hydrogen-bond donors (Lipinski definition) is 1. The normalized spacial score (nSPS) is 14.7. The van der Waals surface area contributed by atoms with Gasteiger partial charge < -0.3 is 9.30 Å². The van der Waals surface area contributed by atoms with Crippen LogP contribution in [0.4, 0.5) is 0 Å². The Morgan fingerprint density at radius 2 is 1.73 bits per heavy atom. The first-order chi connectivity index (χ1) is 12.2. The van der Waals surface area contributed by atoms with Gasteiger partial charge in [0.15, 0.2) is 0 Å². The Hall–Kier alpha value is -1.79. The van der Waals surface area contributed by atoms with E-state index in [1.54, 1.807) is 33.1 Å². The highest BCUT2D eigenvalue weighted by Crippen LogP contribution is 2.38. The van der Waals surface area contributed by atoms with E-state index in [-0.39, 0.29) is 0 Å². The molecule has 0 spiro atoms. The molecule has 3 rings (SSSR count). The SMILES string of the molecule is COc1cc(C)c(S(=O)(=O)NCCc2cc(C)n(C3CC3)c2C)c(C)c1. The molecule has 1 fully saturated rings. The van der Waals surface area contributed by atoms with E-state index in [1.165, 1.54) is 29.8 Å². The molecule has 2 aromatic rings. The molecule has 1 aromatic carbocycles. The van der Waals surface area contributed by atoms with E-state index in [2.05, 4.69) is 29.2 Å². The van der Waals surface area contributed by atoms with Crippen molar-refractivity contribution in [1.82, 2.24) is 9.29 Å². The Bertz CT molecular complexity index is 902. The summed E-state index contributed by atoms with van der Waals surface area (Å²) >= 11 is 0. The maximum Gasteiger partial charge on any atom is 0.241 e. The molecule has 5 nitrogen and oxygen atoms in total. The molecule has 0 bridgehead atoms. The largest absolute Gasteiger partial charge is 0.497 e. The number of methoxy groups -OCH3 is 1. The molecule has 0 saturated heterocycles. The van der Waals surface area contributed by atoms with Crippen molar-refractivity contribution in [3.8, 4) is 5.75 Å². The zero-order chi connectivity index (χ0) is 19.1. The highest BCUT2D eigenvalue weighted by molar-refractivity contribution is 7.89. The summed E-state index contributed by atoms with van der Waals surface area (Å²) < 4.78 is 35.9. The zero-order valence-corrected chi connectivity index (χ0v) is 17.0. The van der Waals surface area contributed by atoms with Crippen LogP contribution in [0, 0.1) is 27.7 Å². The highest BCUT2D eigenvalue weighted by Gasteiger charge is 2.27. The number of ether oxygens (including phenoxy) is 1. The lowest BCUT2D eigenvalue weighted by Crippen LogP contribution is -2.27. The molecule has 6 heteroatoms. The van der Waals surface area contributed by atoms with Crippen LogP contribution in [0.15, 0.2) is 23.1 Å². The van der Waals surface area contributed by atoms with Crippen LogP contribution in [-0.2, 0) is 16.4 Å². The first-order valence-corrected chi connectivity index (χ1v) is 10.5. The fraction of sp³-hybridized carbons (Fsp3) is 0.500. The fourth-order valence-electron chi connectivity index (χ4n) is 3.84. The quantitative estimate of drug-likeness (QED) is 0.803. The molecule has 26 heavy (non-hydrogen) atoms. The molecule has 0 amide bonds. The predicted molar refractivity (Wildman–Crippen MR) is 104 cm³/mol. The summed E-state index contributed by atoms with van der Waals surface area (Å²) in [7, 11) is -1.97. The minimum absolute atomic E-state index is 0.349. The van der Waals surface area contributed by atoms with Crippen molar-refractivity contribution in [3.63, 3.8) is 0 Å². The van der Waals surface area contributed by atoms with Crippen molar-refractivity contribution in [3.05, 3.63) is 46.3 Å². The molecule has 0 atom stereocenters. The van der Waals surface area contributed by atoms with Crippen LogP contribution < -0.4 is 9.46 Å². The number of aromatic nitrogens is 1. The highest BCUT2D eigenvalue weighted by atomic mass is 32.2. The number of rotatable bonds is 7. The Morgan fingerprint density at radius 1 is 1.12 bits per heavy atom. The Labute approximate surface area is 156 Å². The van der Waals surface area contributed by atoms with Crippen molar-refractivity contribution < 1.29 is 13.2 Å². The lowest BCUT2D eigenvalue weighted by molar-refractivity contribution is 0.413. The van der Waals surface area contributed by atoms with Gasteiger partial charge in [0.25, 0.3) is 0 Å². The van der Waals surface area contributed by atoms with Gasteiger partial charge in [-0.3, -0.25) is 0 Å². The van der Waals surface area contributed by atoms with Crippen LogP contribution in [0.2, 0.25) is 0 Å². The summed E-state index contributed by atoms with van der Waals surface area (Å²) in [5.74, 6) is 0.673. The number of sulfonamides is 1. The van der Waals surface area contributed by atoms with Crippen LogP contribution >= 0.6 is 0 Å². The second-order valence-corrected chi connectivity index (χ2v) is 8.94. The molecule has 0 aliphatic heterocycles. The lowest BCUT2D eigenvalue weighted by Gasteiger charge is -2.14. The van der Waals surface area contributed by atoms with Gasteiger partial charge in [0.1, 0.15) is 5.75 Å². The third-order valence-corrected chi connectivity index (χ3v) is 6.89. The van der Waals surface area contributed by atoms with Crippen molar-refractivity contribution >= 4 is 10.0 Å². The Balaban J connectivity index is 1.73. The fourth-order valence-corrected chi connectivity index (χ4v) is 5.32. The third-order valence-electron chi connectivity index (χ3n) is 5.13. The maximum atomic E-state index is 12.8. The average molecular weight is 377 g/mol. The van der Waals surface area contributed by atoms with Gasteiger partial charge in [-0.05, 0) is 81.8 Å². The van der Waals surface area contributed by atoms with E-state index in [1.807, 2.05) is 0 Å². The number of benzene rings is 1. The molecule has 0 unspecified atom stereocenters. The summed E-state index contributed by atoms with van der Waals surface area (Å²) in [6, 6.07) is 6.34. The molecular weight excluding hydrogens is 348 g/mol. The molecule has 1 aromatic heterocycles. The van der Waals surface area contributed by atoms with Gasteiger partial charge in [0, 0.05) is 24.0 Å². The smallest absolute Gasteiger partial charge is 0.241 e. The van der Waals surface area contributed by atoms with Crippen molar-refractivity contribution in [2.45, 2.75) is 57.9 Å². The van der Waals surface area contributed by atoms with Gasteiger partial charge in [-0.25, -0.2) is 13.1 Å². The second-order valence-electron chi connectivity index (χ2n) is 7.24. The van der Waals surface area contributed by atoms with E-state index >= 15 is 0 Å². The topological polar surface area (TPSA) is 60.3 Å². The molecule has 0 radical (unpaired) electrons. The first kappa shape index (κ1) is 19.0. The summed E-state index contributed by atoms with van der Waals surface area (Å²) in [5.41, 5.74) is 5.15. The molecular formula is C20H28N2O3S. The van der Waals surface area contributed by atoms with Gasteiger partial charge in [-0.1, -0.05) is 0 Å². The van der Waals surface area contributed by atoms with Crippen molar-refractivity contribution in [1.29, 1.82) is 0 Å². The number of nitrogens with one attached hydrogen (secondary N) is 1. The molecule has 1 aliphatic rings. The minimum atomic E-state index is -3.55. The lowest BCUT2D eigenvalue weighted by atomic mass is 10.1. The first-order valence-electron chi connectivity index (χ1n) is 9.07. The van der Waals surface area contributed by atoms with Crippen LogP contribution in [0.5, 0.6) is 5.75 Å². The van der Waals surface area contributed by atoms with Gasteiger partial charge >= 0.3 is 0 Å². The molecule has 1 heterocycles. The molecule has 1 N–H and O–H groups in total. The molecule has 1 saturated carbocycles. The second kappa shape index (κ2) is 7.08. The Kier molecular flexibility index (Phi) is 5.17. The summed E-state index contributed by atoms with van der Waals surface area (Å²) in [6.07, 6.45) is 3.19. The summed E-state index contributed by atoms with van der Waals surface area (Å²) in [5, 5.41) is 0. The molecule has 1 aliphatic carbocycles. The van der Waals surface area contributed by atoms with Crippen LogP contribution in [0.1, 0.15) is 47.0 Å². The number of nitrogens with zero attached hydrogens (tertiary/aromatic N) is 1. The number of hydrogen-bond acceptors (Lipinski definition) is 3.